The number of carbonyl (C=O) groups excluding carboxylic acids is 1. The van der Waals surface area contributed by atoms with Gasteiger partial charge >= 0.3 is 12.1 Å². The largest absolute Gasteiger partial charge is 0.478 e. The fraction of sp³-hybridized carbons (Fsp3) is 0.238. The van der Waals surface area contributed by atoms with E-state index in [0.29, 0.717) is 5.39 Å². The molecule has 2 aromatic carbocycles. The zero-order valence-corrected chi connectivity index (χ0v) is 16.2. The second-order valence-corrected chi connectivity index (χ2v) is 8.31. The molecule has 5 nitrogen and oxygen atoms in total. The first-order valence-electron chi connectivity index (χ1n) is 8.54. The van der Waals surface area contributed by atoms with Crippen molar-refractivity contribution in [2.45, 2.75) is 32.8 Å². The van der Waals surface area contributed by atoms with E-state index in [1.54, 1.807) is 6.07 Å². The summed E-state index contributed by atoms with van der Waals surface area (Å²) in [6.45, 7) is 6.41. The maximum absolute atomic E-state index is 12.1. The number of carbonyl (C=O) groups is 2. The summed E-state index contributed by atoms with van der Waals surface area (Å²) < 4.78 is 6.02. The van der Waals surface area contributed by atoms with Crippen molar-refractivity contribution in [3.63, 3.8) is 0 Å². The maximum atomic E-state index is 12.1. The number of fused-ring (bicyclic) bond motifs is 1. The van der Waals surface area contributed by atoms with E-state index in [4.69, 9.17) is 4.74 Å². The molecule has 1 aromatic heterocycles. The smallest absolute Gasteiger partial charge is 0.412 e. The zero-order chi connectivity index (χ0) is 19.6. The van der Waals surface area contributed by atoms with E-state index in [2.05, 4.69) is 26.1 Å². The molecule has 2 N–H and O–H groups in total. The molecular weight excluding hydrogens is 362 g/mol. The Morgan fingerprint density at radius 2 is 1.81 bits per heavy atom. The van der Waals surface area contributed by atoms with Crippen molar-refractivity contribution in [1.82, 2.24) is 0 Å². The Balaban J connectivity index is 1.85. The number of thiophene rings is 1. The lowest BCUT2D eigenvalue weighted by atomic mass is 9.87. The lowest BCUT2D eigenvalue weighted by Gasteiger charge is -2.18. The molecule has 0 bridgehead atoms. The first-order valence-corrected chi connectivity index (χ1v) is 9.35. The molecule has 0 aliphatic carbocycles. The number of hydrogen-bond acceptors (Lipinski definition) is 4. The molecule has 0 radical (unpaired) electrons. The van der Waals surface area contributed by atoms with Crippen molar-refractivity contribution in [3.8, 4) is 0 Å². The van der Waals surface area contributed by atoms with Gasteiger partial charge in [0, 0.05) is 10.1 Å². The molecule has 1 heterocycles. The van der Waals surface area contributed by atoms with Crippen LogP contribution in [-0.2, 0) is 16.8 Å². The van der Waals surface area contributed by atoms with E-state index in [-0.39, 0.29) is 22.6 Å². The van der Waals surface area contributed by atoms with Gasteiger partial charge in [0.25, 0.3) is 0 Å². The van der Waals surface area contributed by atoms with Crippen LogP contribution in [0.4, 0.5) is 9.80 Å². The number of rotatable bonds is 4. The third-order valence-electron chi connectivity index (χ3n) is 4.20. The van der Waals surface area contributed by atoms with Gasteiger partial charge in [0.05, 0.1) is 0 Å². The number of amides is 1. The molecule has 1 amide bonds. The van der Waals surface area contributed by atoms with Crippen LogP contribution in [0.3, 0.4) is 0 Å². The van der Waals surface area contributed by atoms with Crippen LogP contribution in [0.2, 0.25) is 0 Å². The van der Waals surface area contributed by atoms with Gasteiger partial charge in [-0.3, -0.25) is 5.32 Å². The molecule has 0 spiro atoms. The lowest BCUT2D eigenvalue weighted by molar-refractivity contribution is 0.0700. The Labute approximate surface area is 161 Å². The van der Waals surface area contributed by atoms with Crippen molar-refractivity contribution in [2.75, 3.05) is 5.32 Å². The normalized spacial score (nSPS) is 11.4. The van der Waals surface area contributed by atoms with Crippen LogP contribution >= 0.6 is 11.3 Å². The Hall–Kier alpha value is -2.86. The van der Waals surface area contributed by atoms with E-state index in [1.165, 1.54) is 11.3 Å². The van der Waals surface area contributed by atoms with Crippen molar-refractivity contribution >= 4 is 38.5 Å². The first-order chi connectivity index (χ1) is 12.8. The third kappa shape index (κ3) is 4.28. The van der Waals surface area contributed by atoms with Crippen molar-refractivity contribution in [2.24, 2.45) is 0 Å². The molecule has 0 unspecified atom stereocenters. The number of carboxylic acid groups (broad SMARTS) is 1. The van der Waals surface area contributed by atoms with Crippen LogP contribution in [0, 0.1) is 0 Å². The molecule has 3 rings (SSSR count). The number of aromatic carboxylic acids is 1. The second-order valence-electron chi connectivity index (χ2n) is 7.26. The summed E-state index contributed by atoms with van der Waals surface area (Å²) in [6, 6.07) is 15.0. The van der Waals surface area contributed by atoms with Crippen molar-refractivity contribution in [3.05, 3.63) is 65.2 Å². The highest BCUT2D eigenvalue weighted by atomic mass is 32.1. The van der Waals surface area contributed by atoms with Crippen LogP contribution < -0.4 is 5.32 Å². The average Bonchev–Trinajstić information content (AvgIpc) is 2.97. The molecule has 140 valence electrons. The number of carboxylic acids is 1. The first kappa shape index (κ1) is 18.9. The molecular formula is C21H21NO4S. The van der Waals surface area contributed by atoms with Gasteiger partial charge in [0.1, 0.15) is 17.2 Å². The molecule has 27 heavy (non-hydrogen) atoms. The van der Waals surface area contributed by atoms with Crippen molar-refractivity contribution < 1.29 is 19.4 Å². The van der Waals surface area contributed by atoms with Crippen LogP contribution in [0.5, 0.6) is 0 Å². The molecule has 0 saturated heterocycles. The minimum absolute atomic E-state index is 0.0518. The van der Waals surface area contributed by atoms with E-state index in [9.17, 15) is 14.7 Å². The van der Waals surface area contributed by atoms with Gasteiger partial charge in [-0.1, -0.05) is 63.2 Å². The highest BCUT2D eigenvalue weighted by Crippen LogP contribution is 2.38. The van der Waals surface area contributed by atoms with E-state index >= 15 is 0 Å². The summed E-state index contributed by atoms with van der Waals surface area (Å²) in [4.78, 5) is 23.9. The average molecular weight is 383 g/mol. The third-order valence-corrected chi connectivity index (χ3v) is 5.27. The quantitative estimate of drug-likeness (QED) is 0.611. The minimum Gasteiger partial charge on any atom is -0.478 e. The topological polar surface area (TPSA) is 75.6 Å². The number of anilines is 1. The van der Waals surface area contributed by atoms with E-state index in [1.807, 2.05) is 42.5 Å². The van der Waals surface area contributed by atoms with Gasteiger partial charge in [0.15, 0.2) is 0 Å². The fourth-order valence-electron chi connectivity index (χ4n) is 2.72. The molecule has 0 aliphatic heterocycles. The van der Waals surface area contributed by atoms with Crippen LogP contribution in [0.15, 0.2) is 48.5 Å². The number of nitrogens with one attached hydrogen (secondary N) is 1. The predicted molar refractivity (Wildman–Crippen MR) is 108 cm³/mol. The van der Waals surface area contributed by atoms with Gasteiger partial charge in [-0.15, -0.1) is 11.3 Å². The van der Waals surface area contributed by atoms with Gasteiger partial charge in [-0.25, -0.2) is 9.59 Å². The summed E-state index contributed by atoms with van der Waals surface area (Å²) in [5, 5.41) is 13.1. The molecule has 0 fully saturated rings. The van der Waals surface area contributed by atoms with Gasteiger partial charge < -0.3 is 9.84 Å². The van der Waals surface area contributed by atoms with Crippen LogP contribution in [0.1, 0.15) is 42.3 Å². The fourth-order valence-corrected chi connectivity index (χ4v) is 3.83. The van der Waals surface area contributed by atoms with Gasteiger partial charge in [-0.2, -0.15) is 0 Å². The zero-order valence-electron chi connectivity index (χ0n) is 15.4. The monoisotopic (exact) mass is 383 g/mol. The summed E-state index contributed by atoms with van der Waals surface area (Å²) >= 11 is 1.24. The summed E-state index contributed by atoms with van der Waals surface area (Å²) in [5.41, 5.74) is 2.00. The van der Waals surface area contributed by atoms with E-state index < -0.39 is 12.1 Å². The van der Waals surface area contributed by atoms with E-state index in [0.717, 1.165) is 15.8 Å². The Morgan fingerprint density at radius 1 is 1.11 bits per heavy atom. The Bertz CT molecular complexity index is 987. The maximum Gasteiger partial charge on any atom is 0.412 e. The highest BCUT2D eigenvalue weighted by Gasteiger charge is 2.22. The molecule has 0 saturated carbocycles. The standard InChI is InChI=1S/C21H21NO4S/c1-21(2,3)14-9-10-15-16(11-14)27-18(17(15)19(23)24)22-20(25)26-12-13-7-5-4-6-8-13/h4-11H,12H2,1-3H3,(H,22,25)(H,23,24). The molecule has 0 atom stereocenters. The highest BCUT2D eigenvalue weighted by molar-refractivity contribution is 7.23. The lowest BCUT2D eigenvalue weighted by Crippen LogP contribution is -2.14. The molecule has 6 heteroatoms. The minimum atomic E-state index is -1.08. The Kier molecular flexibility index (Phi) is 5.19. The van der Waals surface area contributed by atoms with Gasteiger partial charge in [-0.05, 0) is 22.6 Å². The predicted octanol–water partition coefficient (Wildman–Crippen LogP) is 5.65. The summed E-state index contributed by atoms with van der Waals surface area (Å²) in [6.07, 6.45) is -0.677. The van der Waals surface area contributed by atoms with Gasteiger partial charge in [0.2, 0.25) is 0 Å². The van der Waals surface area contributed by atoms with Crippen molar-refractivity contribution in [1.29, 1.82) is 0 Å². The number of benzene rings is 2. The van der Waals surface area contributed by atoms with Crippen LogP contribution in [0.25, 0.3) is 10.1 Å². The number of hydrogen-bond donors (Lipinski definition) is 2. The summed E-state index contributed by atoms with van der Waals surface area (Å²) in [7, 11) is 0. The van der Waals surface area contributed by atoms with Crippen LogP contribution in [-0.4, -0.2) is 17.2 Å². The second kappa shape index (κ2) is 7.40. The molecule has 0 aliphatic rings. The summed E-state index contributed by atoms with van der Waals surface area (Å²) in [5.74, 6) is -1.08. The SMILES string of the molecule is CC(C)(C)c1ccc2c(C(=O)O)c(NC(=O)OCc3ccccc3)sc2c1. The Morgan fingerprint density at radius 3 is 2.44 bits per heavy atom. The number of ether oxygens (including phenoxy) is 1. The molecule has 3 aromatic rings.